The van der Waals surface area contributed by atoms with E-state index >= 15 is 0 Å². The molecule has 3 heteroatoms. The summed E-state index contributed by atoms with van der Waals surface area (Å²) < 4.78 is 0. The summed E-state index contributed by atoms with van der Waals surface area (Å²) >= 11 is 0. The van der Waals surface area contributed by atoms with E-state index in [0.717, 1.165) is 16.8 Å². The van der Waals surface area contributed by atoms with Crippen molar-refractivity contribution in [2.45, 2.75) is 20.0 Å². The molecule has 0 spiro atoms. The van der Waals surface area contributed by atoms with Crippen molar-refractivity contribution in [3.8, 4) is 0 Å². The first-order chi connectivity index (χ1) is 9.69. The zero-order valence-electron chi connectivity index (χ0n) is 11.8. The van der Waals surface area contributed by atoms with Crippen LogP contribution in [-0.4, -0.2) is 17.9 Å². The third kappa shape index (κ3) is 2.16. The first-order valence-corrected chi connectivity index (χ1v) is 6.83. The second-order valence-electron chi connectivity index (χ2n) is 5.23. The number of hydrogen-bond acceptors (Lipinski definition) is 2. The highest BCUT2D eigenvalue weighted by Gasteiger charge is 2.25. The van der Waals surface area contributed by atoms with Crippen molar-refractivity contribution in [1.82, 2.24) is 4.90 Å². The summed E-state index contributed by atoms with van der Waals surface area (Å²) in [5.41, 5.74) is 5.28. The van der Waals surface area contributed by atoms with Crippen LogP contribution < -0.4 is 5.32 Å². The van der Waals surface area contributed by atoms with Crippen LogP contribution in [0.3, 0.4) is 0 Å². The number of nitrogens with one attached hydrogen (secondary N) is 1. The Morgan fingerprint density at radius 3 is 2.35 bits per heavy atom. The number of fused-ring (bicyclic) bond motifs is 1. The maximum absolute atomic E-state index is 12.7. The van der Waals surface area contributed by atoms with E-state index < -0.39 is 0 Å². The van der Waals surface area contributed by atoms with E-state index in [9.17, 15) is 4.79 Å². The molecule has 1 N–H and O–H groups in total. The largest absolute Gasteiger partial charge is 0.387 e. The van der Waals surface area contributed by atoms with Gasteiger partial charge in [0.1, 0.15) is 0 Å². The van der Waals surface area contributed by atoms with Gasteiger partial charge in [0.2, 0.25) is 0 Å². The summed E-state index contributed by atoms with van der Waals surface area (Å²) in [4.78, 5) is 14.6. The molecule has 0 atom stereocenters. The molecule has 0 fully saturated rings. The number of carbonyl (C=O) groups is 1. The van der Waals surface area contributed by atoms with Crippen LogP contribution >= 0.6 is 0 Å². The smallest absolute Gasteiger partial charge is 0.256 e. The average molecular weight is 266 g/mol. The number of benzene rings is 2. The molecular formula is C17H18N2O. The molecule has 1 aliphatic heterocycles. The lowest BCUT2D eigenvalue weighted by Crippen LogP contribution is -2.26. The van der Waals surface area contributed by atoms with Crippen molar-refractivity contribution in [3.05, 3.63) is 64.7 Å². The minimum absolute atomic E-state index is 0.0885. The van der Waals surface area contributed by atoms with Gasteiger partial charge in [-0.1, -0.05) is 30.3 Å². The average Bonchev–Trinajstić information content (AvgIpc) is 2.90. The highest BCUT2D eigenvalue weighted by Crippen LogP contribution is 2.26. The number of rotatable bonds is 2. The SMILES string of the molecule is CNc1cc(C)ccc1C(=O)N1Cc2ccccc2C1. The molecule has 0 aliphatic carbocycles. The second-order valence-corrected chi connectivity index (χ2v) is 5.23. The molecule has 2 aromatic rings. The van der Waals surface area contributed by atoms with Gasteiger partial charge in [0.15, 0.2) is 0 Å². The third-order valence-electron chi connectivity index (χ3n) is 3.80. The second kappa shape index (κ2) is 5.00. The molecule has 1 heterocycles. The third-order valence-corrected chi connectivity index (χ3v) is 3.80. The molecule has 0 saturated heterocycles. The summed E-state index contributed by atoms with van der Waals surface area (Å²) in [6.07, 6.45) is 0. The van der Waals surface area contributed by atoms with E-state index in [1.165, 1.54) is 11.1 Å². The van der Waals surface area contributed by atoms with Crippen LogP contribution in [0.2, 0.25) is 0 Å². The van der Waals surface area contributed by atoms with Gasteiger partial charge in [-0.15, -0.1) is 0 Å². The van der Waals surface area contributed by atoms with E-state index in [2.05, 4.69) is 17.4 Å². The van der Waals surface area contributed by atoms with Crippen molar-refractivity contribution in [2.75, 3.05) is 12.4 Å². The van der Waals surface area contributed by atoms with Gasteiger partial charge in [0.25, 0.3) is 5.91 Å². The van der Waals surface area contributed by atoms with Crippen LogP contribution in [-0.2, 0) is 13.1 Å². The van der Waals surface area contributed by atoms with Gasteiger partial charge in [-0.2, -0.15) is 0 Å². The molecule has 0 aromatic heterocycles. The van der Waals surface area contributed by atoms with Gasteiger partial charge >= 0.3 is 0 Å². The fourth-order valence-corrected chi connectivity index (χ4v) is 2.70. The zero-order valence-corrected chi connectivity index (χ0v) is 11.8. The summed E-state index contributed by atoms with van der Waals surface area (Å²) in [5.74, 6) is 0.0885. The fourth-order valence-electron chi connectivity index (χ4n) is 2.70. The lowest BCUT2D eigenvalue weighted by atomic mass is 10.1. The van der Waals surface area contributed by atoms with Crippen LogP contribution in [0, 0.1) is 6.92 Å². The molecule has 102 valence electrons. The normalized spacial score (nSPS) is 13.2. The van der Waals surface area contributed by atoms with Crippen LogP contribution in [0.15, 0.2) is 42.5 Å². The van der Waals surface area contributed by atoms with Gasteiger partial charge in [0, 0.05) is 25.8 Å². The van der Waals surface area contributed by atoms with Gasteiger partial charge < -0.3 is 10.2 Å². The summed E-state index contributed by atoms with van der Waals surface area (Å²) in [5, 5.41) is 3.11. The Morgan fingerprint density at radius 2 is 1.75 bits per heavy atom. The van der Waals surface area contributed by atoms with E-state index in [1.807, 2.05) is 49.2 Å². The van der Waals surface area contributed by atoms with E-state index in [-0.39, 0.29) is 5.91 Å². The maximum atomic E-state index is 12.7. The first kappa shape index (κ1) is 12.7. The number of hydrogen-bond donors (Lipinski definition) is 1. The maximum Gasteiger partial charge on any atom is 0.256 e. The topological polar surface area (TPSA) is 32.3 Å². The van der Waals surface area contributed by atoms with Gasteiger partial charge in [0.05, 0.1) is 5.56 Å². The van der Waals surface area contributed by atoms with Crippen molar-refractivity contribution >= 4 is 11.6 Å². The van der Waals surface area contributed by atoms with Gasteiger partial charge in [-0.3, -0.25) is 4.79 Å². The molecule has 0 bridgehead atoms. The molecule has 0 unspecified atom stereocenters. The van der Waals surface area contributed by atoms with Gasteiger partial charge in [-0.25, -0.2) is 0 Å². The molecule has 3 nitrogen and oxygen atoms in total. The number of aryl methyl sites for hydroxylation is 1. The predicted molar refractivity (Wildman–Crippen MR) is 80.7 cm³/mol. The van der Waals surface area contributed by atoms with E-state index in [0.29, 0.717) is 13.1 Å². The Balaban J connectivity index is 1.88. The quantitative estimate of drug-likeness (QED) is 0.905. The number of anilines is 1. The number of nitrogens with zero attached hydrogens (tertiary/aromatic N) is 1. The van der Waals surface area contributed by atoms with Crippen LogP contribution in [0.1, 0.15) is 27.0 Å². The van der Waals surface area contributed by atoms with Crippen LogP contribution in [0.25, 0.3) is 0 Å². The summed E-state index contributed by atoms with van der Waals surface area (Å²) in [7, 11) is 1.85. The Labute approximate surface area is 119 Å². The fraction of sp³-hybridized carbons (Fsp3) is 0.235. The Hall–Kier alpha value is -2.29. The van der Waals surface area contributed by atoms with Gasteiger partial charge in [-0.05, 0) is 35.7 Å². The van der Waals surface area contributed by atoms with E-state index in [1.54, 1.807) is 0 Å². The molecule has 2 aromatic carbocycles. The molecule has 3 rings (SSSR count). The highest BCUT2D eigenvalue weighted by molar-refractivity contribution is 6.00. The van der Waals surface area contributed by atoms with Crippen LogP contribution in [0.5, 0.6) is 0 Å². The minimum atomic E-state index is 0.0885. The molecule has 20 heavy (non-hydrogen) atoms. The van der Waals surface area contributed by atoms with Crippen molar-refractivity contribution in [1.29, 1.82) is 0 Å². The monoisotopic (exact) mass is 266 g/mol. The lowest BCUT2D eigenvalue weighted by Gasteiger charge is -2.18. The van der Waals surface area contributed by atoms with Crippen molar-refractivity contribution < 1.29 is 4.79 Å². The number of amides is 1. The number of carbonyl (C=O) groups excluding carboxylic acids is 1. The Bertz CT molecular complexity index is 639. The minimum Gasteiger partial charge on any atom is -0.387 e. The van der Waals surface area contributed by atoms with Crippen molar-refractivity contribution in [2.24, 2.45) is 0 Å². The zero-order chi connectivity index (χ0) is 14.1. The highest BCUT2D eigenvalue weighted by atomic mass is 16.2. The first-order valence-electron chi connectivity index (χ1n) is 6.83. The lowest BCUT2D eigenvalue weighted by molar-refractivity contribution is 0.0752. The molecule has 1 amide bonds. The molecule has 0 radical (unpaired) electrons. The van der Waals surface area contributed by atoms with Crippen LogP contribution in [0.4, 0.5) is 5.69 Å². The molecule has 0 saturated carbocycles. The Morgan fingerprint density at radius 1 is 1.10 bits per heavy atom. The standard InChI is InChI=1S/C17H18N2O/c1-12-7-8-15(16(9-12)18-2)17(20)19-10-13-5-3-4-6-14(13)11-19/h3-9,18H,10-11H2,1-2H3. The Kier molecular flexibility index (Phi) is 3.18. The summed E-state index contributed by atoms with van der Waals surface area (Å²) in [6, 6.07) is 14.1. The summed E-state index contributed by atoms with van der Waals surface area (Å²) in [6.45, 7) is 3.43. The predicted octanol–water partition coefficient (Wildman–Crippen LogP) is 3.19. The molecular weight excluding hydrogens is 248 g/mol. The van der Waals surface area contributed by atoms with Crippen molar-refractivity contribution in [3.63, 3.8) is 0 Å². The molecule has 1 aliphatic rings. The van der Waals surface area contributed by atoms with E-state index in [4.69, 9.17) is 0 Å².